The molecular weight excluding hydrogens is 218 g/mol. The smallest absolute Gasteiger partial charge is 0.163 e. The molecule has 0 unspecified atom stereocenters. The highest BCUT2D eigenvalue weighted by Gasteiger charge is 2.06. The molecule has 6 heteroatoms. The quantitative estimate of drug-likeness (QED) is 0.762. The minimum Gasteiger partial charge on any atom is -0.382 e. The van der Waals surface area contributed by atoms with Gasteiger partial charge in [0.15, 0.2) is 5.65 Å². The molecule has 0 spiro atoms. The van der Waals surface area contributed by atoms with Gasteiger partial charge in [0.2, 0.25) is 0 Å². The van der Waals surface area contributed by atoms with Gasteiger partial charge in [-0.1, -0.05) is 0 Å². The van der Waals surface area contributed by atoms with Gasteiger partial charge in [0.05, 0.1) is 11.6 Å². The fourth-order valence-corrected chi connectivity index (χ4v) is 1.63. The van der Waals surface area contributed by atoms with Crippen LogP contribution in [0.4, 0.5) is 5.82 Å². The lowest BCUT2D eigenvalue weighted by molar-refractivity contribution is 0.147. The largest absolute Gasteiger partial charge is 0.382 e. The fourth-order valence-electron chi connectivity index (χ4n) is 1.63. The molecule has 92 valence electrons. The van der Waals surface area contributed by atoms with Crippen LogP contribution in [0.2, 0.25) is 0 Å². The Morgan fingerprint density at radius 2 is 2.29 bits per heavy atom. The normalized spacial score (nSPS) is 10.9. The monoisotopic (exact) mass is 235 g/mol. The molecule has 0 bridgehead atoms. The number of hydrogen-bond acceptors (Lipinski definition) is 5. The lowest BCUT2D eigenvalue weighted by Gasteiger charge is -2.06. The van der Waals surface area contributed by atoms with Crippen LogP contribution in [-0.2, 0) is 11.8 Å². The Hall–Kier alpha value is -1.69. The number of aromatic nitrogens is 4. The van der Waals surface area contributed by atoms with Gasteiger partial charge in [-0.15, -0.1) is 0 Å². The molecule has 2 rings (SSSR count). The van der Waals surface area contributed by atoms with E-state index in [9.17, 15) is 0 Å². The first-order valence-corrected chi connectivity index (χ1v) is 5.77. The van der Waals surface area contributed by atoms with Gasteiger partial charge < -0.3 is 10.1 Å². The number of nitrogens with one attached hydrogen (secondary N) is 1. The van der Waals surface area contributed by atoms with Crippen molar-refractivity contribution in [2.75, 3.05) is 25.1 Å². The van der Waals surface area contributed by atoms with Gasteiger partial charge in [-0.25, -0.2) is 9.97 Å². The number of anilines is 1. The van der Waals surface area contributed by atoms with Gasteiger partial charge in [-0.05, 0) is 13.3 Å². The SMILES string of the molecule is CCOCCCNc1ncnc2c1cnn2C. The molecule has 2 aromatic rings. The van der Waals surface area contributed by atoms with Gasteiger partial charge in [-0.3, -0.25) is 4.68 Å². The second-order valence-electron chi connectivity index (χ2n) is 3.70. The summed E-state index contributed by atoms with van der Waals surface area (Å²) in [4.78, 5) is 8.41. The number of aryl methyl sites for hydroxylation is 1. The maximum atomic E-state index is 5.27. The summed E-state index contributed by atoms with van der Waals surface area (Å²) in [6.07, 6.45) is 4.29. The zero-order valence-corrected chi connectivity index (χ0v) is 10.2. The van der Waals surface area contributed by atoms with Crippen LogP contribution in [-0.4, -0.2) is 39.5 Å². The summed E-state index contributed by atoms with van der Waals surface area (Å²) in [7, 11) is 1.87. The van der Waals surface area contributed by atoms with Crippen molar-refractivity contribution in [3.8, 4) is 0 Å². The summed E-state index contributed by atoms with van der Waals surface area (Å²) in [6, 6.07) is 0. The van der Waals surface area contributed by atoms with E-state index >= 15 is 0 Å². The van der Waals surface area contributed by atoms with E-state index in [1.54, 1.807) is 17.2 Å². The lowest BCUT2D eigenvalue weighted by atomic mass is 10.3. The molecule has 0 fully saturated rings. The molecule has 0 aromatic carbocycles. The summed E-state index contributed by atoms with van der Waals surface area (Å²) in [5, 5.41) is 8.39. The third-order valence-corrected chi connectivity index (χ3v) is 2.49. The van der Waals surface area contributed by atoms with Crippen LogP contribution in [0, 0.1) is 0 Å². The van der Waals surface area contributed by atoms with Crippen LogP contribution in [0.15, 0.2) is 12.5 Å². The van der Waals surface area contributed by atoms with Crippen molar-refractivity contribution < 1.29 is 4.74 Å². The minimum absolute atomic E-state index is 0.764. The zero-order chi connectivity index (χ0) is 12.1. The van der Waals surface area contributed by atoms with E-state index in [1.165, 1.54) is 0 Å². The first-order valence-electron chi connectivity index (χ1n) is 5.77. The molecule has 6 nitrogen and oxygen atoms in total. The van der Waals surface area contributed by atoms with Crippen molar-refractivity contribution >= 4 is 16.9 Å². The average Bonchev–Trinajstić information content (AvgIpc) is 2.72. The highest BCUT2D eigenvalue weighted by molar-refractivity contribution is 5.85. The van der Waals surface area contributed by atoms with Gasteiger partial charge in [-0.2, -0.15) is 5.10 Å². The van der Waals surface area contributed by atoms with Crippen LogP contribution >= 0.6 is 0 Å². The molecule has 2 heterocycles. The van der Waals surface area contributed by atoms with E-state index in [-0.39, 0.29) is 0 Å². The predicted molar refractivity (Wildman–Crippen MR) is 65.9 cm³/mol. The first-order chi connectivity index (χ1) is 8.33. The van der Waals surface area contributed by atoms with Crippen LogP contribution < -0.4 is 5.32 Å². The average molecular weight is 235 g/mol. The molecule has 2 aromatic heterocycles. The van der Waals surface area contributed by atoms with Crippen molar-refractivity contribution in [1.29, 1.82) is 0 Å². The van der Waals surface area contributed by atoms with Crippen LogP contribution in [0.3, 0.4) is 0 Å². The number of ether oxygens (including phenoxy) is 1. The summed E-state index contributed by atoms with van der Waals surface area (Å²) < 4.78 is 7.01. The molecular formula is C11H17N5O. The molecule has 0 aliphatic carbocycles. The van der Waals surface area contributed by atoms with Crippen molar-refractivity contribution in [2.45, 2.75) is 13.3 Å². The molecule has 0 amide bonds. The number of fused-ring (bicyclic) bond motifs is 1. The van der Waals surface area contributed by atoms with Crippen LogP contribution in [0.5, 0.6) is 0 Å². The Kier molecular flexibility index (Phi) is 3.87. The third kappa shape index (κ3) is 2.71. The predicted octanol–water partition coefficient (Wildman–Crippen LogP) is 1.20. The van der Waals surface area contributed by atoms with Crippen molar-refractivity contribution in [3.05, 3.63) is 12.5 Å². The lowest BCUT2D eigenvalue weighted by Crippen LogP contribution is -2.07. The summed E-state index contributed by atoms with van der Waals surface area (Å²) >= 11 is 0. The summed E-state index contributed by atoms with van der Waals surface area (Å²) in [6.45, 7) is 4.36. The molecule has 0 saturated carbocycles. The fraction of sp³-hybridized carbons (Fsp3) is 0.545. The van der Waals surface area contributed by atoms with E-state index in [0.29, 0.717) is 0 Å². The van der Waals surface area contributed by atoms with Crippen molar-refractivity contribution in [3.63, 3.8) is 0 Å². The number of nitrogens with zero attached hydrogens (tertiary/aromatic N) is 4. The van der Waals surface area contributed by atoms with E-state index in [1.807, 2.05) is 14.0 Å². The van der Waals surface area contributed by atoms with Crippen LogP contribution in [0.1, 0.15) is 13.3 Å². The molecule has 0 aliphatic heterocycles. The Balaban J connectivity index is 1.99. The third-order valence-electron chi connectivity index (χ3n) is 2.49. The summed E-state index contributed by atoms with van der Waals surface area (Å²) in [5.41, 5.74) is 0.840. The molecule has 0 atom stereocenters. The van der Waals surface area contributed by atoms with E-state index < -0.39 is 0 Å². The first kappa shape index (κ1) is 11.8. The molecule has 17 heavy (non-hydrogen) atoms. The standard InChI is InChI=1S/C11H17N5O/c1-3-17-6-4-5-12-10-9-7-15-16(2)11(9)14-8-13-10/h7-8H,3-6H2,1-2H3,(H,12,13,14). The molecule has 0 saturated heterocycles. The highest BCUT2D eigenvalue weighted by Crippen LogP contribution is 2.17. The van der Waals surface area contributed by atoms with E-state index in [0.717, 1.165) is 43.0 Å². The van der Waals surface area contributed by atoms with Gasteiger partial charge >= 0.3 is 0 Å². The number of rotatable bonds is 6. The maximum absolute atomic E-state index is 5.27. The Morgan fingerprint density at radius 1 is 1.41 bits per heavy atom. The number of hydrogen-bond donors (Lipinski definition) is 1. The van der Waals surface area contributed by atoms with Crippen molar-refractivity contribution in [2.24, 2.45) is 7.05 Å². The zero-order valence-electron chi connectivity index (χ0n) is 10.2. The van der Waals surface area contributed by atoms with Gasteiger partial charge in [0.25, 0.3) is 0 Å². The molecule has 0 radical (unpaired) electrons. The maximum Gasteiger partial charge on any atom is 0.163 e. The Bertz CT molecular complexity index is 482. The van der Waals surface area contributed by atoms with Crippen LogP contribution in [0.25, 0.3) is 11.0 Å². The molecule has 0 aliphatic rings. The second-order valence-corrected chi connectivity index (χ2v) is 3.70. The molecule has 1 N–H and O–H groups in total. The summed E-state index contributed by atoms with van der Waals surface area (Å²) in [5.74, 6) is 0.833. The van der Waals surface area contributed by atoms with Gasteiger partial charge in [0.1, 0.15) is 12.1 Å². The van der Waals surface area contributed by atoms with E-state index in [4.69, 9.17) is 4.74 Å². The second kappa shape index (κ2) is 5.58. The highest BCUT2D eigenvalue weighted by atomic mass is 16.5. The topological polar surface area (TPSA) is 64.9 Å². The van der Waals surface area contributed by atoms with Gasteiger partial charge in [0, 0.05) is 26.8 Å². The Morgan fingerprint density at radius 3 is 3.12 bits per heavy atom. The minimum atomic E-state index is 0.764. The Labute approximate surface area is 100 Å². The van der Waals surface area contributed by atoms with E-state index in [2.05, 4.69) is 20.4 Å². The van der Waals surface area contributed by atoms with Crippen molar-refractivity contribution in [1.82, 2.24) is 19.7 Å².